The van der Waals surface area contributed by atoms with Gasteiger partial charge in [-0.1, -0.05) is 78.8 Å². The van der Waals surface area contributed by atoms with Crippen LogP contribution in [-0.4, -0.2) is 55.1 Å². The molecule has 3 heterocycles. The summed E-state index contributed by atoms with van der Waals surface area (Å²) in [6.45, 7) is 16.8. The number of hydrogen-bond acceptors (Lipinski definition) is 8. The van der Waals surface area contributed by atoms with E-state index in [0.717, 1.165) is 55.2 Å². The maximum Gasteiger partial charge on any atom is 0.287 e. The van der Waals surface area contributed by atoms with E-state index >= 15 is 0 Å². The molecule has 0 spiro atoms. The number of rotatable bonds is 12. The second kappa shape index (κ2) is 14.8. The van der Waals surface area contributed by atoms with E-state index in [4.69, 9.17) is 4.74 Å². The lowest BCUT2D eigenvalue weighted by atomic mass is 9.78. The van der Waals surface area contributed by atoms with Crippen LogP contribution in [0.3, 0.4) is 0 Å². The average molecular weight is 709 g/mol. The lowest BCUT2D eigenvalue weighted by Gasteiger charge is -2.30. The van der Waals surface area contributed by atoms with Gasteiger partial charge in [-0.05, 0) is 112 Å². The minimum atomic E-state index is -0.683. The Morgan fingerprint density at radius 3 is 2.31 bits per heavy atom. The molecule has 3 aromatic carbocycles. The fourth-order valence-electron chi connectivity index (χ4n) is 6.14. The molecule has 2 aromatic heterocycles. The number of tetrazole rings is 1. The van der Waals surface area contributed by atoms with Crippen LogP contribution >= 0.6 is 11.8 Å². The molecule has 268 valence electrons. The number of hydrogen-bond donors (Lipinski definition) is 2. The van der Waals surface area contributed by atoms with Gasteiger partial charge in [-0.2, -0.15) is 4.68 Å². The van der Waals surface area contributed by atoms with E-state index in [1.165, 1.54) is 22.0 Å². The molecular formula is C39H48N8O3S. The van der Waals surface area contributed by atoms with Crippen molar-refractivity contribution in [1.29, 1.82) is 0 Å². The zero-order valence-corrected chi connectivity index (χ0v) is 31.4. The van der Waals surface area contributed by atoms with Gasteiger partial charge in [0.2, 0.25) is 5.16 Å². The van der Waals surface area contributed by atoms with Gasteiger partial charge in [0.15, 0.2) is 6.10 Å². The monoisotopic (exact) mass is 708 g/mol. The Kier molecular flexibility index (Phi) is 10.4. The Morgan fingerprint density at radius 1 is 0.961 bits per heavy atom. The molecule has 11 nitrogen and oxygen atoms in total. The van der Waals surface area contributed by atoms with Crippen molar-refractivity contribution in [2.45, 2.75) is 101 Å². The summed E-state index contributed by atoms with van der Waals surface area (Å²) in [6, 6.07) is 23.2. The first-order chi connectivity index (χ1) is 24.4. The molecule has 1 amide bonds. The molecule has 0 bridgehead atoms. The smallest absolute Gasteiger partial charge is 0.287 e. The number of carbonyl (C=O) groups is 1. The third-order valence-corrected chi connectivity index (χ3v) is 10.7. The maximum atomic E-state index is 14.0. The molecule has 1 unspecified atom stereocenters. The summed E-state index contributed by atoms with van der Waals surface area (Å²) in [5, 5.41) is 19.2. The van der Waals surface area contributed by atoms with E-state index < -0.39 is 6.10 Å². The van der Waals surface area contributed by atoms with Gasteiger partial charge in [-0.3, -0.25) is 14.7 Å². The molecule has 0 saturated carbocycles. The van der Waals surface area contributed by atoms with Gasteiger partial charge in [0.25, 0.3) is 11.5 Å². The highest BCUT2D eigenvalue weighted by Gasteiger charge is 2.28. The Hall–Kier alpha value is -4.84. The van der Waals surface area contributed by atoms with Crippen LogP contribution in [0.4, 0.5) is 11.5 Å². The zero-order valence-electron chi connectivity index (χ0n) is 30.6. The van der Waals surface area contributed by atoms with E-state index in [1.807, 2.05) is 55.5 Å². The number of nitrogens with one attached hydrogen (secondary N) is 2. The summed E-state index contributed by atoms with van der Waals surface area (Å²) < 4.78 is 9.59. The number of anilines is 2. The van der Waals surface area contributed by atoms with Crippen LogP contribution in [0.25, 0.3) is 11.4 Å². The van der Waals surface area contributed by atoms with E-state index in [1.54, 1.807) is 16.8 Å². The van der Waals surface area contributed by atoms with Crippen LogP contribution in [-0.2, 0) is 15.6 Å². The second-order valence-corrected chi connectivity index (χ2v) is 15.7. The molecule has 1 atom stereocenters. The van der Waals surface area contributed by atoms with Crippen LogP contribution in [0.2, 0.25) is 0 Å². The largest absolute Gasteiger partial charge is 0.480 e. The topological polar surface area (TPSA) is 123 Å². The highest BCUT2D eigenvalue weighted by molar-refractivity contribution is 7.99. The predicted molar refractivity (Wildman–Crippen MR) is 203 cm³/mol. The lowest BCUT2D eigenvalue weighted by Crippen LogP contribution is -2.33. The molecule has 51 heavy (non-hydrogen) atoms. The standard InChI is InChI=1S/C39H48N8O3S/c1-8-31(50-32-22-17-26(39(6,7)9-2)25-30(32)38(3,4)5)35(48)40-27-18-20-29(21-19-27)46-36(49)33(34(42-46)45-23-13-14-24-45)51-37-41-43-44-47(37)28-15-11-10-12-16-28/h10-12,15-22,25,31,42H,8-9,13-14,23-24H2,1-7H3,(H,40,48). The lowest BCUT2D eigenvalue weighted by molar-refractivity contribution is -0.122. The predicted octanol–water partition coefficient (Wildman–Crippen LogP) is 7.67. The highest BCUT2D eigenvalue weighted by Crippen LogP contribution is 2.38. The number of nitrogens with zero attached hydrogens (tertiary/aromatic N) is 6. The Labute approximate surface area is 303 Å². The van der Waals surface area contributed by atoms with Crippen molar-refractivity contribution in [3.8, 4) is 17.1 Å². The number of H-pyrrole nitrogens is 1. The molecule has 6 rings (SSSR count). The van der Waals surface area contributed by atoms with Crippen LogP contribution in [0.15, 0.2) is 87.6 Å². The summed E-state index contributed by atoms with van der Waals surface area (Å²) in [4.78, 5) is 30.3. The Bertz CT molecular complexity index is 2020. The molecule has 1 aliphatic rings. The normalized spacial score (nSPS) is 14.1. The van der Waals surface area contributed by atoms with E-state index in [0.29, 0.717) is 27.8 Å². The summed E-state index contributed by atoms with van der Waals surface area (Å²) >= 11 is 1.24. The van der Waals surface area contributed by atoms with Crippen molar-refractivity contribution < 1.29 is 9.53 Å². The molecule has 0 radical (unpaired) electrons. The van der Waals surface area contributed by atoms with Crippen molar-refractivity contribution in [3.63, 3.8) is 0 Å². The van der Waals surface area contributed by atoms with E-state index in [-0.39, 0.29) is 22.3 Å². The van der Waals surface area contributed by atoms with E-state index in [9.17, 15) is 9.59 Å². The zero-order chi connectivity index (χ0) is 36.3. The first-order valence-electron chi connectivity index (χ1n) is 17.7. The van der Waals surface area contributed by atoms with Gasteiger partial charge in [-0.15, -0.1) is 5.10 Å². The number of aromatic amines is 1. The van der Waals surface area contributed by atoms with Gasteiger partial charge in [0, 0.05) is 18.8 Å². The number of carbonyl (C=O) groups excluding carboxylic acids is 1. The summed E-state index contributed by atoms with van der Waals surface area (Å²) in [7, 11) is 0. The minimum absolute atomic E-state index is 0.0361. The molecule has 1 fully saturated rings. The first kappa shape index (κ1) is 36.0. The number of amides is 1. The van der Waals surface area contributed by atoms with Crippen molar-refractivity contribution in [1.82, 2.24) is 30.0 Å². The molecule has 1 saturated heterocycles. The summed E-state index contributed by atoms with van der Waals surface area (Å²) in [5.41, 5.74) is 4.05. The van der Waals surface area contributed by atoms with Gasteiger partial charge in [-0.25, -0.2) is 4.68 Å². The molecule has 0 aliphatic carbocycles. The highest BCUT2D eigenvalue weighted by atomic mass is 32.2. The number of ether oxygens (including phenoxy) is 1. The molecule has 12 heteroatoms. The number of para-hydroxylation sites is 1. The van der Waals surface area contributed by atoms with Crippen LogP contribution in [0.1, 0.15) is 85.3 Å². The number of aromatic nitrogens is 6. The van der Waals surface area contributed by atoms with E-state index in [2.05, 4.69) is 84.5 Å². The van der Waals surface area contributed by atoms with Gasteiger partial charge in [0.05, 0.1) is 11.4 Å². The van der Waals surface area contributed by atoms with Crippen LogP contribution in [0, 0.1) is 0 Å². The maximum absolute atomic E-state index is 14.0. The van der Waals surface area contributed by atoms with Gasteiger partial charge < -0.3 is 15.0 Å². The third-order valence-electron chi connectivity index (χ3n) is 9.67. The average Bonchev–Trinajstić information content (AvgIpc) is 3.89. The van der Waals surface area contributed by atoms with Gasteiger partial charge in [0.1, 0.15) is 16.5 Å². The van der Waals surface area contributed by atoms with Crippen molar-refractivity contribution in [2.24, 2.45) is 0 Å². The molecule has 1 aliphatic heterocycles. The van der Waals surface area contributed by atoms with Crippen molar-refractivity contribution >= 4 is 29.2 Å². The summed E-state index contributed by atoms with van der Waals surface area (Å²) in [6.07, 6.45) is 2.94. The Balaban J connectivity index is 1.22. The molecule has 2 N–H and O–H groups in total. The molecular weight excluding hydrogens is 661 g/mol. The molecule has 5 aromatic rings. The quantitative estimate of drug-likeness (QED) is 0.135. The van der Waals surface area contributed by atoms with Crippen molar-refractivity contribution in [3.05, 3.63) is 94.3 Å². The summed E-state index contributed by atoms with van der Waals surface area (Å²) in [5.74, 6) is 1.24. The number of benzene rings is 3. The van der Waals surface area contributed by atoms with Gasteiger partial charge >= 0.3 is 0 Å². The fraction of sp³-hybridized carbons (Fsp3) is 0.410. The SMILES string of the molecule is CCC(Oc1ccc(C(C)(C)CC)cc1C(C)(C)C)C(=O)Nc1ccc(-n2[nH]c(N3CCCC3)c(Sc3nnnn3-c3ccccc3)c2=O)cc1. The van der Waals surface area contributed by atoms with Crippen LogP contribution in [0.5, 0.6) is 5.75 Å². The first-order valence-corrected chi connectivity index (χ1v) is 18.6. The second-order valence-electron chi connectivity index (χ2n) is 14.7. The Morgan fingerprint density at radius 2 is 1.67 bits per heavy atom. The van der Waals surface area contributed by atoms with Crippen molar-refractivity contribution in [2.75, 3.05) is 23.3 Å². The van der Waals surface area contributed by atoms with Crippen LogP contribution < -0.4 is 20.5 Å². The minimum Gasteiger partial charge on any atom is -0.480 e. The third kappa shape index (κ3) is 7.75. The fourth-order valence-corrected chi connectivity index (χ4v) is 7.08.